The van der Waals surface area contributed by atoms with Crippen molar-refractivity contribution in [1.82, 2.24) is 5.32 Å². The van der Waals surface area contributed by atoms with E-state index in [4.69, 9.17) is 4.74 Å². The van der Waals surface area contributed by atoms with Gasteiger partial charge in [-0.05, 0) is 57.6 Å². The van der Waals surface area contributed by atoms with Crippen LogP contribution in [-0.2, 0) is 4.74 Å². The number of aryl methyl sites for hydroxylation is 1. The predicted octanol–water partition coefficient (Wildman–Crippen LogP) is 4.39. The van der Waals surface area contributed by atoms with Crippen LogP contribution >= 0.6 is 0 Å². The van der Waals surface area contributed by atoms with Crippen LogP contribution in [0.2, 0.25) is 0 Å². The molecule has 0 aliphatic carbocycles. The summed E-state index contributed by atoms with van der Waals surface area (Å²) in [4.78, 5) is 0. The van der Waals surface area contributed by atoms with E-state index in [1.54, 1.807) is 0 Å². The van der Waals surface area contributed by atoms with Crippen LogP contribution in [0.5, 0.6) is 0 Å². The van der Waals surface area contributed by atoms with Crippen molar-refractivity contribution in [2.24, 2.45) is 0 Å². The fourth-order valence-corrected chi connectivity index (χ4v) is 2.93. The number of hydrogen-bond acceptors (Lipinski definition) is 2. The van der Waals surface area contributed by atoms with Gasteiger partial charge in [0.05, 0.1) is 6.10 Å². The van der Waals surface area contributed by atoms with E-state index in [1.807, 2.05) is 0 Å². The summed E-state index contributed by atoms with van der Waals surface area (Å²) in [7, 11) is 0. The summed E-state index contributed by atoms with van der Waals surface area (Å²) < 4.78 is 5.72. The smallest absolute Gasteiger partial charge is 0.0576 e. The first-order valence-corrected chi connectivity index (χ1v) is 8.21. The third kappa shape index (κ3) is 4.92. The van der Waals surface area contributed by atoms with Crippen molar-refractivity contribution in [3.8, 4) is 0 Å². The Bertz CT molecular complexity index is 368. The first-order chi connectivity index (χ1) is 9.79. The van der Waals surface area contributed by atoms with Crippen LogP contribution in [0.3, 0.4) is 0 Å². The molecule has 2 unspecified atom stereocenters. The Morgan fingerprint density at radius 1 is 1.30 bits per heavy atom. The third-order valence-corrected chi connectivity index (χ3v) is 4.16. The summed E-state index contributed by atoms with van der Waals surface area (Å²) in [6.45, 7) is 6.44. The highest BCUT2D eigenvalue weighted by molar-refractivity contribution is 5.24. The van der Waals surface area contributed by atoms with Gasteiger partial charge in [-0.3, -0.25) is 0 Å². The number of nitrogens with one attached hydrogen (secondary N) is 1. The lowest BCUT2D eigenvalue weighted by atomic mass is 9.98. The Labute approximate surface area is 123 Å². The van der Waals surface area contributed by atoms with Crippen LogP contribution in [0.15, 0.2) is 24.3 Å². The van der Waals surface area contributed by atoms with Crippen molar-refractivity contribution >= 4 is 0 Å². The maximum Gasteiger partial charge on any atom is 0.0576 e. The molecule has 0 saturated carbocycles. The molecule has 1 aromatic rings. The summed E-state index contributed by atoms with van der Waals surface area (Å²) in [5, 5.41) is 3.69. The molecule has 0 aromatic heterocycles. The molecule has 1 aliphatic rings. The standard InChI is InChI=1S/C18H29NO/c1-3-13-19-18(16-11-9-15(2)10-12-16)8-4-6-17-7-5-14-20-17/h9-12,17-19H,3-8,13-14H2,1-2H3. The van der Waals surface area contributed by atoms with Crippen molar-refractivity contribution in [2.45, 2.75) is 64.5 Å². The van der Waals surface area contributed by atoms with E-state index < -0.39 is 0 Å². The molecule has 0 bridgehead atoms. The second-order valence-electron chi connectivity index (χ2n) is 5.98. The lowest BCUT2D eigenvalue weighted by Crippen LogP contribution is -2.22. The number of ether oxygens (including phenoxy) is 1. The Kier molecular flexibility index (Phi) is 6.55. The maximum absolute atomic E-state index is 5.72. The normalized spacial score (nSPS) is 20.2. The highest BCUT2D eigenvalue weighted by Crippen LogP contribution is 2.23. The molecule has 2 heteroatoms. The zero-order chi connectivity index (χ0) is 14.2. The molecule has 1 aromatic carbocycles. The van der Waals surface area contributed by atoms with Crippen molar-refractivity contribution in [1.29, 1.82) is 0 Å². The van der Waals surface area contributed by atoms with Crippen molar-refractivity contribution in [3.63, 3.8) is 0 Å². The van der Waals surface area contributed by atoms with Crippen LogP contribution < -0.4 is 5.32 Å². The lowest BCUT2D eigenvalue weighted by Gasteiger charge is -2.20. The molecule has 20 heavy (non-hydrogen) atoms. The summed E-state index contributed by atoms with van der Waals surface area (Å²) in [6.07, 6.45) is 7.91. The summed E-state index contributed by atoms with van der Waals surface area (Å²) >= 11 is 0. The van der Waals surface area contributed by atoms with E-state index in [-0.39, 0.29) is 0 Å². The predicted molar refractivity (Wildman–Crippen MR) is 85.0 cm³/mol. The van der Waals surface area contributed by atoms with E-state index in [0.717, 1.165) is 13.2 Å². The van der Waals surface area contributed by atoms with Crippen molar-refractivity contribution in [3.05, 3.63) is 35.4 Å². The van der Waals surface area contributed by atoms with Crippen LogP contribution in [0.4, 0.5) is 0 Å². The first-order valence-electron chi connectivity index (χ1n) is 8.21. The van der Waals surface area contributed by atoms with Gasteiger partial charge in [-0.1, -0.05) is 36.8 Å². The minimum atomic E-state index is 0.497. The maximum atomic E-state index is 5.72. The van der Waals surface area contributed by atoms with Gasteiger partial charge in [0.25, 0.3) is 0 Å². The molecule has 1 heterocycles. The van der Waals surface area contributed by atoms with E-state index >= 15 is 0 Å². The van der Waals surface area contributed by atoms with Gasteiger partial charge < -0.3 is 10.1 Å². The molecule has 2 rings (SSSR count). The van der Waals surface area contributed by atoms with Gasteiger partial charge in [0.1, 0.15) is 0 Å². The highest BCUT2D eigenvalue weighted by atomic mass is 16.5. The molecular formula is C18H29NO. The zero-order valence-electron chi connectivity index (χ0n) is 13.0. The summed E-state index contributed by atoms with van der Waals surface area (Å²) in [5.74, 6) is 0. The van der Waals surface area contributed by atoms with Crippen molar-refractivity contribution in [2.75, 3.05) is 13.2 Å². The molecule has 0 radical (unpaired) electrons. The minimum Gasteiger partial charge on any atom is -0.378 e. The molecule has 1 saturated heterocycles. The topological polar surface area (TPSA) is 21.3 Å². The molecule has 0 amide bonds. The van der Waals surface area contributed by atoms with Crippen LogP contribution in [0, 0.1) is 6.92 Å². The second-order valence-corrected chi connectivity index (χ2v) is 5.98. The van der Waals surface area contributed by atoms with Crippen LogP contribution in [0.1, 0.15) is 62.6 Å². The number of rotatable bonds is 8. The Morgan fingerprint density at radius 2 is 2.10 bits per heavy atom. The third-order valence-electron chi connectivity index (χ3n) is 4.16. The molecular weight excluding hydrogens is 246 g/mol. The zero-order valence-corrected chi connectivity index (χ0v) is 13.0. The molecule has 1 N–H and O–H groups in total. The van der Waals surface area contributed by atoms with Crippen LogP contribution in [-0.4, -0.2) is 19.3 Å². The van der Waals surface area contributed by atoms with Gasteiger partial charge >= 0.3 is 0 Å². The van der Waals surface area contributed by atoms with Gasteiger partial charge in [-0.15, -0.1) is 0 Å². The number of hydrogen-bond donors (Lipinski definition) is 1. The van der Waals surface area contributed by atoms with Gasteiger partial charge in [0.2, 0.25) is 0 Å². The fourth-order valence-electron chi connectivity index (χ4n) is 2.93. The molecule has 1 aliphatic heterocycles. The van der Waals surface area contributed by atoms with Gasteiger partial charge in [-0.2, -0.15) is 0 Å². The SMILES string of the molecule is CCCNC(CCCC1CCCO1)c1ccc(C)cc1. The quantitative estimate of drug-likeness (QED) is 0.760. The molecule has 112 valence electrons. The first kappa shape index (κ1) is 15.5. The van der Waals surface area contributed by atoms with Gasteiger partial charge in [0, 0.05) is 12.6 Å². The Morgan fingerprint density at radius 3 is 2.75 bits per heavy atom. The van der Waals surface area contributed by atoms with E-state index in [0.29, 0.717) is 12.1 Å². The Balaban J connectivity index is 1.84. The van der Waals surface area contributed by atoms with Crippen LogP contribution in [0.25, 0.3) is 0 Å². The number of benzene rings is 1. The minimum absolute atomic E-state index is 0.497. The lowest BCUT2D eigenvalue weighted by molar-refractivity contribution is 0.101. The fraction of sp³-hybridized carbons (Fsp3) is 0.667. The molecule has 2 atom stereocenters. The largest absolute Gasteiger partial charge is 0.378 e. The van der Waals surface area contributed by atoms with E-state index in [9.17, 15) is 0 Å². The van der Waals surface area contributed by atoms with Gasteiger partial charge in [-0.25, -0.2) is 0 Å². The second kappa shape index (κ2) is 8.43. The summed E-state index contributed by atoms with van der Waals surface area (Å²) in [5.41, 5.74) is 2.76. The van der Waals surface area contributed by atoms with E-state index in [2.05, 4.69) is 43.4 Å². The molecule has 1 fully saturated rings. The highest BCUT2D eigenvalue weighted by Gasteiger charge is 2.16. The molecule has 0 spiro atoms. The average Bonchev–Trinajstić information content (AvgIpc) is 2.97. The summed E-state index contributed by atoms with van der Waals surface area (Å²) in [6, 6.07) is 9.48. The average molecular weight is 275 g/mol. The van der Waals surface area contributed by atoms with E-state index in [1.165, 1.54) is 49.7 Å². The molecule has 2 nitrogen and oxygen atoms in total. The van der Waals surface area contributed by atoms with Crippen molar-refractivity contribution < 1.29 is 4.74 Å². The Hall–Kier alpha value is -0.860. The monoisotopic (exact) mass is 275 g/mol. The van der Waals surface area contributed by atoms with Gasteiger partial charge in [0.15, 0.2) is 0 Å².